The molecule has 1 aromatic heterocycles. The maximum atomic E-state index is 12.7. The van der Waals surface area contributed by atoms with Gasteiger partial charge in [-0.15, -0.1) is 11.3 Å². The van der Waals surface area contributed by atoms with E-state index in [-0.39, 0.29) is 16.2 Å². The van der Waals surface area contributed by atoms with Crippen LogP contribution in [0, 0.1) is 0 Å². The number of carbonyl (C=O) groups excluding carboxylic acids is 1. The van der Waals surface area contributed by atoms with Crippen molar-refractivity contribution in [3.8, 4) is 0 Å². The molecule has 0 bridgehead atoms. The number of benzene rings is 2. The molecule has 3 aromatic rings. The van der Waals surface area contributed by atoms with Crippen molar-refractivity contribution in [1.82, 2.24) is 5.32 Å². The highest BCUT2D eigenvalue weighted by Crippen LogP contribution is 2.32. The van der Waals surface area contributed by atoms with Gasteiger partial charge < -0.3 is 5.32 Å². The molecule has 0 radical (unpaired) electrons. The van der Waals surface area contributed by atoms with Gasteiger partial charge in [-0.2, -0.15) is 0 Å². The Morgan fingerprint density at radius 2 is 1.67 bits per heavy atom. The third kappa shape index (κ3) is 4.91. The topological polar surface area (TPSA) is 75.3 Å². The lowest BCUT2D eigenvalue weighted by Gasteiger charge is -2.29. The van der Waals surface area contributed by atoms with Gasteiger partial charge in [-0.3, -0.25) is 9.52 Å². The first-order valence-corrected chi connectivity index (χ1v) is 12.4. The largest absolute Gasteiger partial charge is 0.349 e. The van der Waals surface area contributed by atoms with Gasteiger partial charge in [0, 0.05) is 17.3 Å². The fourth-order valence-corrected chi connectivity index (χ4v) is 5.95. The summed E-state index contributed by atoms with van der Waals surface area (Å²) < 4.78 is 27.6. The van der Waals surface area contributed by atoms with Gasteiger partial charge in [0.2, 0.25) is 0 Å². The fourth-order valence-electron chi connectivity index (χ4n) is 3.91. The third-order valence-electron chi connectivity index (χ3n) is 5.47. The molecule has 5 nitrogen and oxygen atoms in total. The first-order valence-electron chi connectivity index (χ1n) is 10.0. The first kappa shape index (κ1) is 20.6. The van der Waals surface area contributed by atoms with Crippen LogP contribution >= 0.6 is 11.3 Å². The van der Waals surface area contributed by atoms with E-state index in [1.165, 1.54) is 5.56 Å². The van der Waals surface area contributed by atoms with Crippen molar-refractivity contribution in [2.24, 2.45) is 0 Å². The van der Waals surface area contributed by atoms with E-state index in [2.05, 4.69) is 34.3 Å². The second-order valence-corrected chi connectivity index (χ2v) is 10.4. The summed E-state index contributed by atoms with van der Waals surface area (Å²) in [5.74, 6) is 0.379. The summed E-state index contributed by atoms with van der Waals surface area (Å²) in [4.78, 5) is 12.7. The Hall–Kier alpha value is -2.64. The number of carbonyl (C=O) groups is 1. The average Bonchev–Trinajstić information content (AvgIpc) is 3.31. The van der Waals surface area contributed by atoms with E-state index in [0.29, 0.717) is 17.2 Å². The van der Waals surface area contributed by atoms with Gasteiger partial charge in [-0.25, -0.2) is 8.42 Å². The van der Waals surface area contributed by atoms with Crippen molar-refractivity contribution in [3.05, 3.63) is 83.2 Å². The number of rotatable bonds is 6. The maximum Gasteiger partial charge on any atom is 0.271 e. The summed E-state index contributed by atoms with van der Waals surface area (Å²) in [6.07, 6.45) is 3.98. The smallest absolute Gasteiger partial charge is 0.271 e. The molecule has 0 unspecified atom stereocenters. The molecule has 1 fully saturated rings. The molecule has 156 valence electrons. The Morgan fingerprint density at radius 3 is 2.37 bits per heavy atom. The van der Waals surface area contributed by atoms with Crippen molar-refractivity contribution >= 4 is 33.0 Å². The molecular weight excluding hydrogens is 416 g/mol. The number of nitrogens with one attached hydrogen (secondary N) is 2. The van der Waals surface area contributed by atoms with Crippen molar-refractivity contribution in [2.45, 2.75) is 41.9 Å². The quantitative estimate of drug-likeness (QED) is 0.566. The molecule has 7 heteroatoms. The lowest BCUT2D eigenvalue weighted by molar-refractivity contribution is 0.0926. The van der Waals surface area contributed by atoms with Crippen molar-refractivity contribution in [2.75, 3.05) is 4.72 Å². The molecule has 30 heavy (non-hydrogen) atoms. The van der Waals surface area contributed by atoms with Crippen LogP contribution in [0.4, 0.5) is 5.69 Å². The molecule has 1 amide bonds. The van der Waals surface area contributed by atoms with E-state index in [0.717, 1.165) is 37.0 Å². The summed E-state index contributed by atoms with van der Waals surface area (Å²) in [6.45, 7) is 0. The minimum absolute atomic E-state index is 0.143. The second-order valence-electron chi connectivity index (χ2n) is 7.55. The number of amides is 1. The number of thiophene rings is 1. The molecule has 0 spiro atoms. The summed E-state index contributed by atoms with van der Waals surface area (Å²) in [5.41, 5.74) is 2.20. The molecule has 2 aromatic carbocycles. The second kappa shape index (κ2) is 9.02. The monoisotopic (exact) mass is 440 g/mol. The van der Waals surface area contributed by atoms with Crippen LogP contribution < -0.4 is 10.0 Å². The van der Waals surface area contributed by atoms with E-state index in [9.17, 15) is 13.2 Å². The van der Waals surface area contributed by atoms with Gasteiger partial charge in [-0.1, -0.05) is 42.5 Å². The standard InChI is InChI=1S/C23H24N2O3S2/c26-23(24-20-13-11-18(12-14-20)17-6-2-1-3-7-17)19-8-4-9-21(16-19)25-30(27,28)22-10-5-15-29-22/h1-10,15-16,18,20,25H,11-14H2,(H,24,26). The Bertz CT molecular complexity index is 1090. The van der Waals surface area contributed by atoms with Crippen LogP contribution in [0.1, 0.15) is 47.5 Å². The van der Waals surface area contributed by atoms with Crippen LogP contribution in [0.15, 0.2) is 76.3 Å². The average molecular weight is 441 g/mol. The minimum Gasteiger partial charge on any atom is -0.349 e. The van der Waals surface area contributed by atoms with Crippen LogP contribution in [0.2, 0.25) is 0 Å². The number of sulfonamides is 1. The minimum atomic E-state index is -3.64. The van der Waals surface area contributed by atoms with E-state index < -0.39 is 10.0 Å². The van der Waals surface area contributed by atoms with Gasteiger partial charge in [-0.05, 0) is 66.8 Å². The van der Waals surface area contributed by atoms with Crippen LogP contribution in [0.25, 0.3) is 0 Å². The van der Waals surface area contributed by atoms with Gasteiger partial charge in [0.1, 0.15) is 4.21 Å². The Morgan fingerprint density at radius 1 is 0.900 bits per heavy atom. The molecule has 1 aliphatic carbocycles. The fraction of sp³-hybridized carbons (Fsp3) is 0.261. The molecule has 4 rings (SSSR count). The number of hydrogen-bond donors (Lipinski definition) is 2. The highest BCUT2D eigenvalue weighted by Gasteiger charge is 2.24. The first-order chi connectivity index (χ1) is 14.5. The van der Waals surface area contributed by atoms with Gasteiger partial charge in [0.25, 0.3) is 15.9 Å². The summed E-state index contributed by atoms with van der Waals surface area (Å²) in [5, 5.41) is 4.82. The van der Waals surface area contributed by atoms with Crippen LogP contribution in [-0.4, -0.2) is 20.4 Å². The zero-order valence-corrected chi connectivity index (χ0v) is 18.1. The molecule has 0 saturated heterocycles. The van der Waals surface area contributed by atoms with Gasteiger partial charge >= 0.3 is 0 Å². The summed E-state index contributed by atoms with van der Waals surface area (Å²) in [7, 11) is -3.64. The highest BCUT2D eigenvalue weighted by atomic mass is 32.2. The lowest BCUT2D eigenvalue weighted by Crippen LogP contribution is -2.37. The third-order valence-corrected chi connectivity index (χ3v) is 8.25. The van der Waals surface area contributed by atoms with E-state index in [1.54, 1.807) is 41.8 Å². The number of anilines is 1. The summed E-state index contributed by atoms with van der Waals surface area (Å²) in [6, 6.07) is 20.5. The molecule has 2 N–H and O–H groups in total. The van der Waals surface area contributed by atoms with E-state index >= 15 is 0 Å². The Kier molecular flexibility index (Phi) is 6.20. The molecule has 0 atom stereocenters. The normalized spacial score (nSPS) is 19.2. The maximum absolute atomic E-state index is 12.7. The Balaban J connectivity index is 1.36. The van der Waals surface area contributed by atoms with Crippen molar-refractivity contribution in [1.29, 1.82) is 0 Å². The van der Waals surface area contributed by atoms with E-state index in [1.807, 2.05) is 6.07 Å². The molecular formula is C23H24N2O3S2. The highest BCUT2D eigenvalue weighted by molar-refractivity contribution is 7.94. The van der Waals surface area contributed by atoms with Gasteiger partial charge in [0.15, 0.2) is 0 Å². The van der Waals surface area contributed by atoms with Crippen LogP contribution in [0.3, 0.4) is 0 Å². The van der Waals surface area contributed by atoms with E-state index in [4.69, 9.17) is 0 Å². The predicted molar refractivity (Wildman–Crippen MR) is 120 cm³/mol. The zero-order chi connectivity index (χ0) is 21.0. The number of hydrogen-bond acceptors (Lipinski definition) is 4. The molecule has 1 aliphatic rings. The van der Waals surface area contributed by atoms with Crippen LogP contribution in [-0.2, 0) is 10.0 Å². The van der Waals surface area contributed by atoms with Crippen molar-refractivity contribution in [3.63, 3.8) is 0 Å². The summed E-state index contributed by atoms with van der Waals surface area (Å²) >= 11 is 1.15. The lowest BCUT2D eigenvalue weighted by atomic mass is 9.82. The predicted octanol–water partition coefficient (Wildman–Crippen LogP) is 5.01. The Labute approximate surface area is 181 Å². The SMILES string of the molecule is O=C(NC1CCC(c2ccccc2)CC1)c1cccc(NS(=O)(=O)c2cccs2)c1. The molecule has 1 saturated carbocycles. The van der Waals surface area contributed by atoms with Crippen molar-refractivity contribution < 1.29 is 13.2 Å². The molecule has 0 aliphatic heterocycles. The van der Waals surface area contributed by atoms with Gasteiger partial charge in [0.05, 0.1) is 0 Å². The van der Waals surface area contributed by atoms with Crippen LogP contribution in [0.5, 0.6) is 0 Å². The zero-order valence-electron chi connectivity index (χ0n) is 16.5. The molecule has 1 heterocycles.